The number of aliphatic hydroxyl groups is 3. The van der Waals surface area contributed by atoms with Gasteiger partial charge >= 0.3 is 11.9 Å². The third-order valence-corrected chi connectivity index (χ3v) is 2.28. The second kappa shape index (κ2) is 16.8. The third-order valence-electron chi connectivity index (χ3n) is 2.28. The second-order valence-electron chi connectivity index (χ2n) is 4.05. The highest BCUT2D eigenvalue weighted by Gasteiger charge is 2.00. The summed E-state index contributed by atoms with van der Waals surface area (Å²) in [6.45, 7) is 2.40. The molecule has 0 aliphatic carbocycles. The molecule has 0 fully saturated rings. The number of carboxylic acid groups (broad SMARTS) is 2. The summed E-state index contributed by atoms with van der Waals surface area (Å²) in [5.74, 6) is -1.76. The van der Waals surface area contributed by atoms with Crippen molar-refractivity contribution in [3.05, 3.63) is 0 Å². The van der Waals surface area contributed by atoms with Crippen molar-refractivity contribution in [2.24, 2.45) is 0 Å². The fourth-order valence-corrected chi connectivity index (χ4v) is 1.28. The van der Waals surface area contributed by atoms with Crippen LogP contribution in [0.4, 0.5) is 0 Å². The van der Waals surface area contributed by atoms with E-state index in [4.69, 9.17) is 25.5 Å². The van der Waals surface area contributed by atoms with Crippen LogP contribution >= 0.6 is 0 Å². The maximum Gasteiger partial charge on any atom is 0.304 e. The lowest BCUT2D eigenvalue weighted by Crippen LogP contribution is -2.32. The lowest BCUT2D eigenvalue weighted by Gasteiger charge is -2.17. The van der Waals surface area contributed by atoms with Crippen LogP contribution in [0.1, 0.15) is 12.8 Å². The van der Waals surface area contributed by atoms with E-state index >= 15 is 0 Å². The number of carboxylic acids is 2. The molecule has 0 bridgehead atoms. The van der Waals surface area contributed by atoms with E-state index in [1.807, 2.05) is 0 Å². The fourth-order valence-electron chi connectivity index (χ4n) is 1.28. The molecule has 0 saturated heterocycles. The zero-order chi connectivity index (χ0) is 16.5. The molecule has 6 N–H and O–H groups in total. The molecule has 9 heteroatoms. The standard InChI is InChI=1S/C6H11NO4.C6H15NO3/c8-5(9)1-3-7-4-2-6(10)11;8-4-1-7(2-5-9)3-6-10/h7H,1-4H2,(H,8,9)(H,10,11);8-10H,1-6H2. The number of aliphatic carboxylic acids is 2. The minimum atomic E-state index is -0.882. The van der Waals surface area contributed by atoms with Gasteiger partial charge in [0.05, 0.1) is 32.7 Å². The van der Waals surface area contributed by atoms with Gasteiger partial charge in [0.1, 0.15) is 0 Å². The molecule has 0 saturated carbocycles. The minimum Gasteiger partial charge on any atom is -0.481 e. The van der Waals surface area contributed by atoms with E-state index in [-0.39, 0.29) is 32.7 Å². The van der Waals surface area contributed by atoms with Crippen LogP contribution in [-0.4, -0.2) is 94.9 Å². The number of hydrogen-bond donors (Lipinski definition) is 6. The molecule has 0 aromatic heterocycles. The molecule has 0 unspecified atom stereocenters. The molecule has 0 rings (SSSR count). The topological polar surface area (TPSA) is 151 Å². The van der Waals surface area contributed by atoms with Crippen LogP contribution in [0.15, 0.2) is 0 Å². The Morgan fingerprint density at radius 1 is 0.762 bits per heavy atom. The molecule has 0 aromatic carbocycles. The molecule has 21 heavy (non-hydrogen) atoms. The van der Waals surface area contributed by atoms with Crippen LogP contribution in [0, 0.1) is 0 Å². The molecule has 126 valence electrons. The van der Waals surface area contributed by atoms with E-state index in [0.717, 1.165) is 0 Å². The Morgan fingerprint density at radius 2 is 1.10 bits per heavy atom. The lowest BCUT2D eigenvalue weighted by molar-refractivity contribution is -0.137. The second-order valence-corrected chi connectivity index (χ2v) is 4.05. The van der Waals surface area contributed by atoms with E-state index in [1.54, 1.807) is 4.90 Å². The van der Waals surface area contributed by atoms with Gasteiger partial charge < -0.3 is 30.8 Å². The van der Waals surface area contributed by atoms with Crippen molar-refractivity contribution in [1.29, 1.82) is 0 Å². The Balaban J connectivity index is 0. The summed E-state index contributed by atoms with van der Waals surface area (Å²) >= 11 is 0. The third kappa shape index (κ3) is 21.2. The van der Waals surface area contributed by atoms with E-state index in [1.165, 1.54) is 0 Å². The van der Waals surface area contributed by atoms with E-state index < -0.39 is 11.9 Å². The Morgan fingerprint density at radius 3 is 1.33 bits per heavy atom. The van der Waals surface area contributed by atoms with Gasteiger partial charge in [-0.25, -0.2) is 0 Å². The highest BCUT2D eigenvalue weighted by molar-refractivity contribution is 5.67. The van der Waals surface area contributed by atoms with Crippen molar-refractivity contribution in [1.82, 2.24) is 10.2 Å². The maximum absolute atomic E-state index is 9.94. The van der Waals surface area contributed by atoms with E-state index in [9.17, 15) is 9.59 Å². The quantitative estimate of drug-likeness (QED) is 0.220. The first-order chi connectivity index (χ1) is 9.97. The fraction of sp³-hybridized carbons (Fsp3) is 0.833. The molecule has 0 aromatic rings. The summed E-state index contributed by atoms with van der Waals surface area (Å²) in [5, 5.41) is 44.5. The van der Waals surface area contributed by atoms with Gasteiger partial charge in [-0.2, -0.15) is 0 Å². The Kier molecular flexibility index (Phi) is 17.6. The van der Waals surface area contributed by atoms with Crippen molar-refractivity contribution in [2.45, 2.75) is 12.8 Å². The SMILES string of the molecule is O=C(O)CCNCCC(=O)O.OCCN(CCO)CCO. The summed E-state index contributed by atoms with van der Waals surface area (Å²) in [6, 6.07) is 0. The summed E-state index contributed by atoms with van der Waals surface area (Å²) < 4.78 is 0. The predicted octanol–water partition coefficient (Wildman–Crippen LogP) is -2.21. The molecule has 0 atom stereocenters. The normalized spacial score (nSPS) is 10.1. The van der Waals surface area contributed by atoms with Gasteiger partial charge in [-0.05, 0) is 0 Å². The Labute approximate surface area is 123 Å². The monoisotopic (exact) mass is 310 g/mol. The molecule has 0 radical (unpaired) electrons. The van der Waals surface area contributed by atoms with Gasteiger partial charge in [-0.15, -0.1) is 0 Å². The average Bonchev–Trinajstić information content (AvgIpc) is 2.39. The molecule has 0 spiro atoms. The molecule has 9 nitrogen and oxygen atoms in total. The van der Waals surface area contributed by atoms with Crippen LogP contribution in [0.25, 0.3) is 0 Å². The van der Waals surface area contributed by atoms with Crippen LogP contribution in [0.3, 0.4) is 0 Å². The average molecular weight is 310 g/mol. The number of rotatable bonds is 12. The van der Waals surface area contributed by atoms with Crippen LogP contribution in [-0.2, 0) is 9.59 Å². The van der Waals surface area contributed by atoms with Crippen LogP contribution in [0.2, 0.25) is 0 Å². The first-order valence-electron chi connectivity index (χ1n) is 6.67. The molecule has 0 heterocycles. The van der Waals surface area contributed by atoms with Crippen LogP contribution < -0.4 is 5.32 Å². The first-order valence-corrected chi connectivity index (χ1v) is 6.67. The molecular weight excluding hydrogens is 284 g/mol. The number of aliphatic hydroxyl groups excluding tert-OH is 3. The summed E-state index contributed by atoms with van der Waals surface area (Å²) in [5.41, 5.74) is 0. The first kappa shape index (κ1) is 22.0. The van der Waals surface area contributed by atoms with Gasteiger partial charge in [0.2, 0.25) is 0 Å². The molecule has 0 aliphatic rings. The van der Waals surface area contributed by atoms with Crippen molar-refractivity contribution < 1.29 is 35.1 Å². The van der Waals surface area contributed by atoms with Crippen molar-refractivity contribution in [3.63, 3.8) is 0 Å². The summed E-state index contributed by atoms with van der Waals surface area (Å²) in [6.07, 6.45) is 0.0548. The zero-order valence-electron chi connectivity index (χ0n) is 12.1. The lowest BCUT2D eigenvalue weighted by atomic mass is 10.4. The van der Waals surface area contributed by atoms with Gasteiger partial charge in [-0.3, -0.25) is 14.5 Å². The van der Waals surface area contributed by atoms with Crippen LogP contribution in [0.5, 0.6) is 0 Å². The minimum absolute atomic E-state index is 0.0274. The van der Waals surface area contributed by atoms with E-state index in [2.05, 4.69) is 5.32 Å². The number of carbonyl (C=O) groups is 2. The van der Waals surface area contributed by atoms with Gasteiger partial charge in [-0.1, -0.05) is 0 Å². The highest BCUT2D eigenvalue weighted by atomic mass is 16.4. The zero-order valence-corrected chi connectivity index (χ0v) is 12.1. The largest absolute Gasteiger partial charge is 0.481 e. The molecular formula is C12H26N2O7. The maximum atomic E-state index is 9.94. The Hall–Kier alpha value is -1.26. The van der Waals surface area contributed by atoms with Crippen molar-refractivity contribution in [3.8, 4) is 0 Å². The number of nitrogens with zero attached hydrogens (tertiary/aromatic N) is 1. The predicted molar refractivity (Wildman–Crippen MR) is 75.1 cm³/mol. The molecule has 0 amide bonds. The van der Waals surface area contributed by atoms with Crippen molar-refractivity contribution >= 4 is 11.9 Å². The smallest absolute Gasteiger partial charge is 0.304 e. The Bertz CT molecular complexity index is 234. The van der Waals surface area contributed by atoms with Gasteiger partial charge in [0.25, 0.3) is 0 Å². The number of hydrogen-bond acceptors (Lipinski definition) is 7. The highest BCUT2D eigenvalue weighted by Crippen LogP contribution is 1.84. The number of nitrogens with one attached hydrogen (secondary N) is 1. The van der Waals surface area contributed by atoms with E-state index in [0.29, 0.717) is 32.7 Å². The summed E-state index contributed by atoms with van der Waals surface area (Å²) in [4.78, 5) is 21.7. The summed E-state index contributed by atoms with van der Waals surface area (Å²) in [7, 11) is 0. The van der Waals surface area contributed by atoms with Gasteiger partial charge in [0.15, 0.2) is 0 Å². The van der Waals surface area contributed by atoms with Crippen molar-refractivity contribution in [2.75, 3.05) is 52.5 Å². The van der Waals surface area contributed by atoms with Gasteiger partial charge in [0, 0.05) is 32.7 Å². The molecule has 0 aliphatic heterocycles.